The predicted octanol–water partition coefficient (Wildman–Crippen LogP) is 5.85. The molecule has 0 radical (unpaired) electrons. The van der Waals surface area contributed by atoms with E-state index in [9.17, 15) is 9.59 Å². The summed E-state index contributed by atoms with van der Waals surface area (Å²) in [6.45, 7) is 5.20. The van der Waals surface area contributed by atoms with Crippen LogP contribution in [0.1, 0.15) is 71.1 Å². The van der Waals surface area contributed by atoms with Gasteiger partial charge in [-0.15, -0.1) is 0 Å². The minimum atomic E-state index is -0.838. The molecule has 26 heavy (non-hydrogen) atoms. The molecule has 148 valence electrons. The monoisotopic (exact) mass is 366 g/mol. The van der Waals surface area contributed by atoms with Crippen molar-refractivity contribution in [3.63, 3.8) is 0 Å². The number of rotatable bonds is 14. The Bertz CT molecular complexity index is 436. The first-order valence-electron chi connectivity index (χ1n) is 9.26. The van der Waals surface area contributed by atoms with Crippen LogP contribution in [0.3, 0.4) is 0 Å². The molecule has 5 nitrogen and oxygen atoms in total. The van der Waals surface area contributed by atoms with E-state index in [4.69, 9.17) is 10.4 Å². The van der Waals surface area contributed by atoms with Crippen LogP contribution in [0, 0.1) is 0 Å². The molecule has 2 N–H and O–H groups in total. The van der Waals surface area contributed by atoms with E-state index in [1.807, 2.05) is 0 Å². The number of carboxylic acid groups (broad SMARTS) is 1. The molecule has 0 aliphatic carbocycles. The molecular formula is C21H34O5. The molecule has 0 aliphatic heterocycles. The third kappa shape index (κ3) is 26.7. The Morgan fingerprint density at radius 3 is 1.88 bits per heavy atom. The number of hydrogen-bond donors (Lipinski definition) is 2. The van der Waals surface area contributed by atoms with Crippen molar-refractivity contribution in [3.05, 3.63) is 49.1 Å². The summed E-state index contributed by atoms with van der Waals surface area (Å²) in [6.07, 6.45) is 24.2. The zero-order valence-electron chi connectivity index (χ0n) is 15.9. The molecule has 0 fully saturated rings. The van der Waals surface area contributed by atoms with Crippen molar-refractivity contribution in [1.82, 2.24) is 0 Å². The van der Waals surface area contributed by atoms with Crippen LogP contribution in [0.5, 0.6) is 0 Å². The minimum Gasteiger partial charge on any atom is -0.481 e. The molecule has 0 spiro atoms. The molecule has 0 saturated carbocycles. The zero-order valence-corrected chi connectivity index (χ0v) is 15.9. The van der Waals surface area contributed by atoms with Crippen LogP contribution in [-0.4, -0.2) is 22.3 Å². The summed E-state index contributed by atoms with van der Waals surface area (Å²) in [5.74, 6) is -1.52. The third-order valence-electron chi connectivity index (χ3n) is 3.35. The average Bonchev–Trinajstić information content (AvgIpc) is 2.64. The van der Waals surface area contributed by atoms with Crippen molar-refractivity contribution in [1.29, 1.82) is 0 Å². The van der Waals surface area contributed by atoms with Gasteiger partial charge in [0.2, 0.25) is 0 Å². The highest BCUT2D eigenvalue weighted by molar-refractivity contribution is 5.80. The average molecular weight is 366 g/mol. The maximum atomic E-state index is 10.3. The van der Waals surface area contributed by atoms with Crippen molar-refractivity contribution >= 4 is 11.9 Å². The Hall–Kier alpha value is -2.14. The second-order valence-electron chi connectivity index (χ2n) is 5.70. The van der Waals surface area contributed by atoms with Gasteiger partial charge in [-0.1, -0.05) is 82.1 Å². The first-order chi connectivity index (χ1) is 12.6. The van der Waals surface area contributed by atoms with Gasteiger partial charge in [-0.2, -0.15) is 5.26 Å². The fraction of sp³-hybridized carbons (Fsp3) is 0.524. The number of carbonyl (C=O) groups is 2. The lowest BCUT2D eigenvalue weighted by Crippen LogP contribution is -1.93. The van der Waals surface area contributed by atoms with E-state index >= 15 is 0 Å². The first-order valence-corrected chi connectivity index (χ1v) is 9.26. The summed E-state index contributed by atoms with van der Waals surface area (Å²) in [7, 11) is 0. The van der Waals surface area contributed by atoms with Gasteiger partial charge in [0, 0.05) is 12.5 Å². The Kier molecular flexibility index (Phi) is 22.9. The normalized spacial score (nSPS) is 10.8. The van der Waals surface area contributed by atoms with Crippen molar-refractivity contribution in [3.8, 4) is 0 Å². The van der Waals surface area contributed by atoms with Crippen LogP contribution in [-0.2, 0) is 14.5 Å². The summed E-state index contributed by atoms with van der Waals surface area (Å²) in [6, 6.07) is 0. The summed E-state index contributed by atoms with van der Waals surface area (Å²) < 4.78 is 0. The molecule has 0 aliphatic rings. The Labute approximate surface area is 157 Å². The molecular weight excluding hydrogens is 332 g/mol. The molecule has 0 unspecified atom stereocenters. The van der Waals surface area contributed by atoms with E-state index < -0.39 is 11.9 Å². The number of carbonyl (C=O) groups excluding carboxylic acids is 1. The van der Waals surface area contributed by atoms with Gasteiger partial charge in [-0.3, -0.25) is 9.68 Å². The van der Waals surface area contributed by atoms with E-state index in [0.29, 0.717) is 6.42 Å². The summed E-state index contributed by atoms with van der Waals surface area (Å²) in [5, 5.41) is 15.9. The van der Waals surface area contributed by atoms with Crippen LogP contribution in [0.15, 0.2) is 49.1 Å². The SMILES string of the molecule is C=CC(=O)OO.CCCCC=CC=CC=CCCCCCCCC(=O)O. The molecule has 0 aromatic heterocycles. The lowest BCUT2D eigenvalue weighted by atomic mass is 10.1. The second kappa shape index (κ2) is 22.9. The standard InChI is InChI=1S/C18H30O2.C3H4O3/c1-2-3-4-5-6-7-8-9-10-11-12-13-14-15-16-17-18(19)20;1-2-3(4)6-5/h5-10H,2-4,11-17H2,1H3,(H,19,20);2,5H,1H2. The van der Waals surface area contributed by atoms with Crippen molar-refractivity contribution in [2.45, 2.75) is 71.1 Å². The Balaban J connectivity index is 0. The Morgan fingerprint density at radius 1 is 0.885 bits per heavy atom. The highest BCUT2D eigenvalue weighted by Gasteiger charge is 1.95. The van der Waals surface area contributed by atoms with E-state index in [0.717, 1.165) is 31.8 Å². The number of hydrogen-bond acceptors (Lipinski definition) is 4. The van der Waals surface area contributed by atoms with Crippen molar-refractivity contribution in [2.24, 2.45) is 0 Å². The molecule has 0 aromatic carbocycles. The van der Waals surface area contributed by atoms with E-state index in [2.05, 4.69) is 54.8 Å². The lowest BCUT2D eigenvalue weighted by molar-refractivity contribution is -0.228. The van der Waals surface area contributed by atoms with Gasteiger partial charge in [-0.25, -0.2) is 4.79 Å². The molecule has 0 rings (SSSR count). The number of carboxylic acids is 1. The molecule has 5 heteroatoms. The number of allylic oxidation sites excluding steroid dienone is 6. The van der Waals surface area contributed by atoms with Gasteiger partial charge >= 0.3 is 11.9 Å². The predicted molar refractivity (Wildman–Crippen MR) is 106 cm³/mol. The fourth-order valence-electron chi connectivity index (χ4n) is 1.91. The van der Waals surface area contributed by atoms with Crippen molar-refractivity contribution in [2.75, 3.05) is 0 Å². The van der Waals surface area contributed by atoms with Gasteiger partial charge in [0.25, 0.3) is 0 Å². The van der Waals surface area contributed by atoms with E-state index in [-0.39, 0.29) is 0 Å². The van der Waals surface area contributed by atoms with Crippen molar-refractivity contribution < 1.29 is 24.8 Å². The number of unbranched alkanes of at least 4 members (excludes halogenated alkanes) is 7. The zero-order chi connectivity index (χ0) is 19.9. The second-order valence-corrected chi connectivity index (χ2v) is 5.70. The van der Waals surface area contributed by atoms with Gasteiger partial charge in [-0.05, 0) is 25.7 Å². The minimum absolute atomic E-state index is 0.316. The quantitative estimate of drug-likeness (QED) is 0.132. The van der Waals surface area contributed by atoms with Gasteiger partial charge in [0.05, 0.1) is 0 Å². The molecule has 0 aromatic rings. The molecule has 0 bridgehead atoms. The Morgan fingerprint density at radius 2 is 1.42 bits per heavy atom. The van der Waals surface area contributed by atoms with Gasteiger partial charge in [0.1, 0.15) is 0 Å². The first kappa shape index (κ1) is 26.1. The van der Waals surface area contributed by atoms with Gasteiger partial charge in [0.15, 0.2) is 0 Å². The highest BCUT2D eigenvalue weighted by Crippen LogP contribution is 2.07. The van der Waals surface area contributed by atoms with E-state index in [1.54, 1.807) is 0 Å². The lowest BCUT2D eigenvalue weighted by Gasteiger charge is -1.97. The molecule has 0 atom stereocenters. The van der Waals surface area contributed by atoms with Crippen LogP contribution < -0.4 is 0 Å². The van der Waals surface area contributed by atoms with Crippen LogP contribution >= 0.6 is 0 Å². The highest BCUT2D eigenvalue weighted by atomic mass is 17.1. The topological polar surface area (TPSA) is 83.8 Å². The summed E-state index contributed by atoms with van der Waals surface area (Å²) in [4.78, 5) is 23.0. The number of aliphatic carboxylic acids is 1. The third-order valence-corrected chi connectivity index (χ3v) is 3.35. The maximum Gasteiger partial charge on any atom is 0.365 e. The van der Waals surface area contributed by atoms with Crippen LogP contribution in [0.25, 0.3) is 0 Å². The molecule has 0 amide bonds. The van der Waals surface area contributed by atoms with Gasteiger partial charge < -0.3 is 5.11 Å². The summed E-state index contributed by atoms with van der Waals surface area (Å²) >= 11 is 0. The smallest absolute Gasteiger partial charge is 0.365 e. The summed E-state index contributed by atoms with van der Waals surface area (Å²) in [5.41, 5.74) is 0. The van der Waals surface area contributed by atoms with E-state index in [1.165, 1.54) is 32.1 Å². The van der Waals surface area contributed by atoms with Crippen LogP contribution in [0.4, 0.5) is 0 Å². The van der Waals surface area contributed by atoms with Crippen LogP contribution in [0.2, 0.25) is 0 Å². The largest absolute Gasteiger partial charge is 0.481 e. The molecule has 0 heterocycles. The molecule has 0 saturated heterocycles. The maximum absolute atomic E-state index is 10.3. The fourth-order valence-corrected chi connectivity index (χ4v) is 1.91.